The van der Waals surface area contributed by atoms with Gasteiger partial charge in [0.15, 0.2) is 11.5 Å². The van der Waals surface area contributed by atoms with Gasteiger partial charge in [-0.3, -0.25) is 0 Å². The van der Waals surface area contributed by atoms with Crippen molar-refractivity contribution in [1.82, 2.24) is 4.90 Å². The van der Waals surface area contributed by atoms with E-state index in [2.05, 4.69) is 9.98 Å². The molecule has 0 aromatic rings. The Balaban J connectivity index is 2.42. The van der Waals surface area contributed by atoms with E-state index in [0.717, 1.165) is 0 Å². The van der Waals surface area contributed by atoms with Crippen molar-refractivity contribution in [2.75, 3.05) is 6.54 Å². The molecule has 6 nitrogen and oxygen atoms in total. The quantitative estimate of drug-likeness (QED) is 0.586. The Bertz CT molecular complexity index is 406. The highest BCUT2D eigenvalue weighted by molar-refractivity contribution is 6.65. The molecule has 0 fully saturated rings. The van der Waals surface area contributed by atoms with Crippen LogP contribution in [0.2, 0.25) is 0 Å². The molecule has 6 heteroatoms. The Kier molecular flexibility index (Phi) is 1.81. The van der Waals surface area contributed by atoms with E-state index in [9.17, 15) is 4.79 Å². The molecule has 0 aliphatic carbocycles. The van der Waals surface area contributed by atoms with E-state index in [1.807, 2.05) is 0 Å². The number of hydrogen-bond donors (Lipinski definition) is 2. The smallest absolute Gasteiger partial charge is 0.358 e. The number of amidine groups is 1. The molecule has 0 bridgehead atoms. The molecular weight excluding hydrogens is 184 g/mol. The first-order chi connectivity index (χ1) is 6.68. The summed E-state index contributed by atoms with van der Waals surface area (Å²) < 4.78 is 0. The van der Waals surface area contributed by atoms with Crippen LogP contribution in [0.1, 0.15) is 0 Å². The number of fused-ring (bicyclic) bond motifs is 1. The minimum Gasteiger partial charge on any atom is -0.476 e. The molecule has 2 aliphatic heterocycles. The SMILES string of the molecule is NC1=CN=C2C(C(=O)O)=NC=CN2C1. The standard InChI is InChI=1S/C8H8N4O2/c9-5-3-11-7-6(8(13)14)10-1-2-12(7)4-5/h1-3H,4,9H2,(H,13,14). The van der Waals surface area contributed by atoms with E-state index >= 15 is 0 Å². The lowest BCUT2D eigenvalue weighted by atomic mass is 10.2. The molecule has 0 unspecified atom stereocenters. The van der Waals surface area contributed by atoms with E-state index in [4.69, 9.17) is 10.8 Å². The van der Waals surface area contributed by atoms with Crippen molar-refractivity contribution in [2.45, 2.75) is 0 Å². The second-order valence-corrected chi connectivity index (χ2v) is 2.87. The van der Waals surface area contributed by atoms with Gasteiger partial charge in [-0.05, 0) is 0 Å². The summed E-state index contributed by atoms with van der Waals surface area (Å²) in [6.07, 6.45) is 4.51. The second kappa shape index (κ2) is 2.99. The number of rotatable bonds is 1. The monoisotopic (exact) mass is 192 g/mol. The topological polar surface area (TPSA) is 91.3 Å². The van der Waals surface area contributed by atoms with Crippen LogP contribution < -0.4 is 5.73 Å². The molecule has 0 amide bonds. The minimum absolute atomic E-state index is 0.0590. The van der Waals surface area contributed by atoms with Gasteiger partial charge in [-0.1, -0.05) is 0 Å². The van der Waals surface area contributed by atoms with Gasteiger partial charge >= 0.3 is 5.97 Å². The van der Waals surface area contributed by atoms with Gasteiger partial charge < -0.3 is 15.7 Å². The third-order valence-electron chi connectivity index (χ3n) is 1.84. The van der Waals surface area contributed by atoms with Gasteiger partial charge in [0.1, 0.15) is 0 Å². The summed E-state index contributed by atoms with van der Waals surface area (Å²) in [6.45, 7) is 0.446. The van der Waals surface area contributed by atoms with Gasteiger partial charge in [-0.15, -0.1) is 0 Å². The van der Waals surface area contributed by atoms with Gasteiger partial charge in [-0.25, -0.2) is 14.8 Å². The van der Waals surface area contributed by atoms with Crippen LogP contribution in [0, 0.1) is 0 Å². The summed E-state index contributed by atoms with van der Waals surface area (Å²) in [7, 11) is 0. The highest BCUT2D eigenvalue weighted by atomic mass is 16.4. The first kappa shape index (κ1) is 8.49. The van der Waals surface area contributed by atoms with Crippen LogP contribution >= 0.6 is 0 Å². The van der Waals surface area contributed by atoms with Crippen molar-refractivity contribution in [3.63, 3.8) is 0 Å². The average Bonchev–Trinajstić information content (AvgIpc) is 2.16. The minimum atomic E-state index is -1.09. The van der Waals surface area contributed by atoms with E-state index in [-0.39, 0.29) is 5.71 Å². The fourth-order valence-electron chi connectivity index (χ4n) is 1.25. The van der Waals surface area contributed by atoms with Crippen LogP contribution in [0.4, 0.5) is 0 Å². The molecular formula is C8H8N4O2. The number of carbonyl (C=O) groups is 1. The van der Waals surface area contributed by atoms with Gasteiger partial charge in [0.2, 0.25) is 0 Å². The fraction of sp³-hybridized carbons (Fsp3) is 0.125. The lowest BCUT2D eigenvalue weighted by molar-refractivity contribution is -0.129. The summed E-state index contributed by atoms with van der Waals surface area (Å²) in [6, 6.07) is 0. The van der Waals surface area contributed by atoms with Gasteiger partial charge in [-0.2, -0.15) is 0 Å². The predicted octanol–water partition coefficient (Wildman–Crippen LogP) is -0.489. The maximum atomic E-state index is 10.8. The second-order valence-electron chi connectivity index (χ2n) is 2.87. The fourth-order valence-corrected chi connectivity index (χ4v) is 1.25. The van der Waals surface area contributed by atoms with E-state index in [1.54, 1.807) is 11.1 Å². The van der Waals surface area contributed by atoms with Crippen molar-refractivity contribution in [3.8, 4) is 0 Å². The predicted molar refractivity (Wildman–Crippen MR) is 50.6 cm³/mol. The van der Waals surface area contributed by atoms with Crippen LogP contribution in [0.25, 0.3) is 0 Å². The first-order valence-electron chi connectivity index (χ1n) is 3.95. The molecule has 2 aliphatic rings. The molecule has 14 heavy (non-hydrogen) atoms. The van der Waals surface area contributed by atoms with Crippen molar-refractivity contribution in [1.29, 1.82) is 0 Å². The molecule has 2 heterocycles. The number of aliphatic imine (C=N–C) groups is 2. The Morgan fingerprint density at radius 1 is 1.57 bits per heavy atom. The summed E-state index contributed by atoms with van der Waals surface area (Å²) in [5.41, 5.74) is 6.08. The molecule has 72 valence electrons. The van der Waals surface area contributed by atoms with Crippen molar-refractivity contribution in [3.05, 3.63) is 24.3 Å². The zero-order valence-electron chi connectivity index (χ0n) is 7.21. The van der Waals surface area contributed by atoms with E-state index in [0.29, 0.717) is 18.1 Å². The molecule has 0 saturated heterocycles. The number of carboxylic acid groups (broad SMARTS) is 1. The molecule has 3 N–H and O–H groups in total. The molecule has 0 spiro atoms. The number of nitrogens with zero attached hydrogens (tertiary/aromatic N) is 3. The van der Waals surface area contributed by atoms with Crippen molar-refractivity contribution in [2.24, 2.45) is 15.7 Å². The highest BCUT2D eigenvalue weighted by Crippen LogP contribution is 2.10. The van der Waals surface area contributed by atoms with Gasteiger partial charge in [0.05, 0.1) is 6.54 Å². The molecule has 2 rings (SSSR count). The zero-order chi connectivity index (χ0) is 10.1. The van der Waals surface area contributed by atoms with Crippen LogP contribution in [-0.2, 0) is 4.79 Å². The molecule has 0 radical (unpaired) electrons. The maximum Gasteiger partial charge on any atom is 0.358 e. The normalized spacial score (nSPS) is 19.4. The number of hydrogen-bond acceptors (Lipinski definition) is 5. The Morgan fingerprint density at radius 2 is 2.36 bits per heavy atom. The summed E-state index contributed by atoms with van der Waals surface area (Å²) in [5.74, 6) is -0.763. The number of aliphatic carboxylic acids is 1. The van der Waals surface area contributed by atoms with Crippen LogP contribution in [0.15, 0.2) is 34.3 Å². The highest BCUT2D eigenvalue weighted by Gasteiger charge is 2.25. The van der Waals surface area contributed by atoms with Gasteiger partial charge in [0.25, 0.3) is 0 Å². The third-order valence-corrected chi connectivity index (χ3v) is 1.84. The Hall–Kier alpha value is -2.11. The molecule has 0 saturated carbocycles. The third kappa shape index (κ3) is 1.26. The Morgan fingerprint density at radius 3 is 3.07 bits per heavy atom. The lowest BCUT2D eigenvalue weighted by Crippen LogP contribution is -2.42. The van der Waals surface area contributed by atoms with Crippen LogP contribution in [-0.4, -0.2) is 34.1 Å². The number of nitrogens with two attached hydrogens (primary N) is 1. The largest absolute Gasteiger partial charge is 0.476 e. The molecule has 0 atom stereocenters. The molecule has 0 aromatic heterocycles. The van der Waals surface area contributed by atoms with Crippen molar-refractivity contribution < 1.29 is 9.90 Å². The van der Waals surface area contributed by atoms with Crippen molar-refractivity contribution >= 4 is 17.5 Å². The Labute approximate surface area is 79.7 Å². The average molecular weight is 192 g/mol. The maximum absolute atomic E-state index is 10.8. The number of carboxylic acids is 1. The zero-order valence-corrected chi connectivity index (χ0v) is 7.21. The molecule has 0 aromatic carbocycles. The lowest BCUT2D eigenvalue weighted by Gasteiger charge is -2.26. The summed E-state index contributed by atoms with van der Waals surface area (Å²) in [5, 5.41) is 8.82. The first-order valence-corrected chi connectivity index (χ1v) is 3.95. The van der Waals surface area contributed by atoms with E-state index < -0.39 is 5.97 Å². The van der Waals surface area contributed by atoms with E-state index in [1.165, 1.54) is 12.4 Å². The summed E-state index contributed by atoms with van der Waals surface area (Å²) in [4.78, 5) is 20.1. The van der Waals surface area contributed by atoms with Crippen LogP contribution in [0.3, 0.4) is 0 Å². The van der Waals surface area contributed by atoms with Gasteiger partial charge in [0, 0.05) is 24.3 Å². The van der Waals surface area contributed by atoms with Crippen LogP contribution in [0.5, 0.6) is 0 Å². The summed E-state index contributed by atoms with van der Waals surface area (Å²) >= 11 is 0.